The van der Waals surface area contributed by atoms with Gasteiger partial charge in [-0.15, -0.1) is 0 Å². The second-order valence-electron chi connectivity index (χ2n) is 6.42. The van der Waals surface area contributed by atoms with E-state index in [9.17, 15) is 4.79 Å². The number of carbonyl (C=O) groups excluding carboxylic acids is 1. The SMILES string of the molecule is O=C(NC1CCC1)c1c[nH]c2ncc(NC3CCNCC3)nc12. The van der Waals surface area contributed by atoms with E-state index in [-0.39, 0.29) is 5.91 Å². The molecule has 7 nitrogen and oxygen atoms in total. The molecule has 2 aromatic heterocycles. The van der Waals surface area contributed by atoms with Gasteiger partial charge in [-0.1, -0.05) is 0 Å². The van der Waals surface area contributed by atoms with Crippen molar-refractivity contribution in [1.29, 1.82) is 0 Å². The van der Waals surface area contributed by atoms with E-state index in [1.807, 2.05) is 0 Å². The number of amides is 1. The molecule has 2 fully saturated rings. The highest BCUT2D eigenvalue weighted by Gasteiger charge is 2.22. The van der Waals surface area contributed by atoms with E-state index in [1.165, 1.54) is 6.42 Å². The molecule has 1 aliphatic carbocycles. The Kier molecular flexibility index (Phi) is 3.87. The Morgan fingerprint density at radius 2 is 2.00 bits per heavy atom. The zero-order chi connectivity index (χ0) is 15.6. The second kappa shape index (κ2) is 6.16. The van der Waals surface area contributed by atoms with Crippen molar-refractivity contribution in [3.05, 3.63) is 18.0 Å². The summed E-state index contributed by atoms with van der Waals surface area (Å²) < 4.78 is 0. The van der Waals surface area contributed by atoms with Crippen LogP contribution in [0.4, 0.5) is 5.82 Å². The minimum absolute atomic E-state index is 0.0609. The van der Waals surface area contributed by atoms with E-state index in [4.69, 9.17) is 0 Å². The summed E-state index contributed by atoms with van der Waals surface area (Å²) in [5.74, 6) is 0.677. The Labute approximate surface area is 134 Å². The van der Waals surface area contributed by atoms with Crippen molar-refractivity contribution >= 4 is 22.9 Å². The maximum atomic E-state index is 12.4. The van der Waals surface area contributed by atoms with E-state index in [0.29, 0.717) is 28.8 Å². The number of nitrogens with zero attached hydrogens (tertiary/aromatic N) is 2. The van der Waals surface area contributed by atoms with Gasteiger partial charge >= 0.3 is 0 Å². The number of fused-ring (bicyclic) bond motifs is 1. The van der Waals surface area contributed by atoms with E-state index < -0.39 is 0 Å². The Hall–Kier alpha value is -2.15. The fourth-order valence-corrected chi connectivity index (χ4v) is 3.13. The third-order valence-electron chi connectivity index (χ3n) is 4.76. The van der Waals surface area contributed by atoms with E-state index in [2.05, 4.69) is 30.9 Å². The van der Waals surface area contributed by atoms with Gasteiger partial charge in [-0.05, 0) is 45.2 Å². The van der Waals surface area contributed by atoms with Gasteiger partial charge in [0.05, 0.1) is 11.8 Å². The molecule has 0 aromatic carbocycles. The molecular weight excluding hydrogens is 292 g/mol. The summed E-state index contributed by atoms with van der Waals surface area (Å²) in [6.07, 6.45) is 8.92. The quantitative estimate of drug-likeness (QED) is 0.684. The van der Waals surface area contributed by atoms with Gasteiger partial charge in [0.15, 0.2) is 5.65 Å². The lowest BCUT2D eigenvalue weighted by atomic mass is 9.93. The first-order valence-corrected chi connectivity index (χ1v) is 8.42. The Morgan fingerprint density at radius 3 is 2.74 bits per heavy atom. The first-order chi connectivity index (χ1) is 11.3. The van der Waals surface area contributed by atoms with Crippen LogP contribution in [0.3, 0.4) is 0 Å². The molecule has 7 heteroatoms. The minimum atomic E-state index is -0.0609. The van der Waals surface area contributed by atoms with Crippen LogP contribution in [0.15, 0.2) is 12.4 Å². The van der Waals surface area contributed by atoms with Crippen molar-refractivity contribution in [3.8, 4) is 0 Å². The monoisotopic (exact) mass is 314 g/mol. The number of rotatable bonds is 4. The lowest BCUT2D eigenvalue weighted by Gasteiger charge is -2.26. The summed E-state index contributed by atoms with van der Waals surface area (Å²) in [5, 5.41) is 9.83. The van der Waals surface area contributed by atoms with Crippen LogP contribution in [0.5, 0.6) is 0 Å². The Balaban J connectivity index is 1.54. The molecule has 0 atom stereocenters. The second-order valence-corrected chi connectivity index (χ2v) is 6.42. The predicted octanol–water partition coefficient (Wildman–Crippen LogP) is 1.40. The Bertz CT molecular complexity index is 702. The summed E-state index contributed by atoms with van der Waals surface area (Å²) in [6.45, 7) is 2.04. The number of anilines is 1. The van der Waals surface area contributed by atoms with Crippen LogP contribution in [0.1, 0.15) is 42.5 Å². The number of aromatic amines is 1. The molecule has 3 heterocycles. The first kappa shape index (κ1) is 14.4. The largest absolute Gasteiger partial charge is 0.366 e. The molecule has 1 aliphatic heterocycles. The van der Waals surface area contributed by atoms with Gasteiger partial charge in [0.2, 0.25) is 0 Å². The smallest absolute Gasteiger partial charge is 0.255 e. The molecule has 4 rings (SSSR count). The van der Waals surface area contributed by atoms with Gasteiger partial charge < -0.3 is 20.9 Å². The number of nitrogens with one attached hydrogen (secondary N) is 4. The van der Waals surface area contributed by atoms with Crippen molar-refractivity contribution in [2.45, 2.75) is 44.2 Å². The standard InChI is InChI=1S/C16H22N6O/c23-16(21-10-2-1-3-10)12-8-18-15-14(12)22-13(9-19-15)20-11-4-6-17-7-5-11/h8-11,17H,1-7H2,(H,18,19)(H,20,22)(H,21,23). The summed E-state index contributed by atoms with van der Waals surface area (Å²) in [6, 6.07) is 0.727. The fraction of sp³-hybridized carbons (Fsp3) is 0.562. The average Bonchev–Trinajstić information content (AvgIpc) is 2.95. The molecule has 1 saturated carbocycles. The van der Waals surface area contributed by atoms with Gasteiger partial charge in [-0.3, -0.25) is 4.79 Å². The molecule has 1 saturated heterocycles. The number of carbonyl (C=O) groups is 1. The maximum Gasteiger partial charge on any atom is 0.255 e. The summed E-state index contributed by atoms with van der Waals surface area (Å²) in [7, 11) is 0. The predicted molar refractivity (Wildman–Crippen MR) is 88.5 cm³/mol. The first-order valence-electron chi connectivity index (χ1n) is 8.42. The Morgan fingerprint density at radius 1 is 1.17 bits per heavy atom. The molecule has 0 bridgehead atoms. The lowest BCUT2D eigenvalue weighted by Crippen LogP contribution is -2.39. The van der Waals surface area contributed by atoms with E-state index >= 15 is 0 Å². The van der Waals surface area contributed by atoms with E-state index in [0.717, 1.165) is 44.6 Å². The van der Waals surface area contributed by atoms with Gasteiger partial charge in [-0.2, -0.15) is 0 Å². The van der Waals surface area contributed by atoms with Gasteiger partial charge in [0, 0.05) is 18.3 Å². The van der Waals surface area contributed by atoms with Crippen LogP contribution in [-0.4, -0.2) is 46.0 Å². The number of hydrogen-bond acceptors (Lipinski definition) is 5. The molecule has 0 unspecified atom stereocenters. The molecule has 0 spiro atoms. The van der Waals surface area contributed by atoms with Crippen molar-refractivity contribution in [1.82, 2.24) is 25.6 Å². The van der Waals surface area contributed by atoms with Crippen LogP contribution in [0.2, 0.25) is 0 Å². The maximum absolute atomic E-state index is 12.4. The normalized spacial score (nSPS) is 19.5. The van der Waals surface area contributed by atoms with Crippen LogP contribution in [-0.2, 0) is 0 Å². The summed E-state index contributed by atoms with van der Waals surface area (Å²) >= 11 is 0. The molecule has 4 N–H and O–H groups in total. The summed E-state index contributed by atoms with van der Waals surface area (Å²) in [5.41, 5.74) is 1.87. The van der Waals surface area contributed by atoms with Crippen molar-refractivity contribution in [2.24, 2.45) is 0 Å². The molecule has 23 heavy (non-hydrogen) atoms. The molecule has 2 aromatic rings. The highest BCUT2D eigenvalue weighted by atomic mass is 16.1. The van der Waals surface area contributed by atoms with Crippen LogP contribution in [0, 0.1) is 0 Å². The third kappa shape index (κ3) is 3.01. The number of aromatic nitrogens is 3. The zero-order valence-electron chi connectivity index (χ0n) is 13.1. The molecular formula is C16H22N6O. The van der Waals surface area contributed by atoms with Gasteiger partial charge in [0.25, 0.3) is 5.91 Å². The van der Waals surface area contributed by atoms with Crippen molar-refractivity contribution in [2.75, 3.05) is 18.4 Å². The number of H-pyrrole nitrogens is 1. The number of hydrogen-bond donors (Lipinski definition) is 4. The topological polar surface area (TPSA) is 94.7 Å². The van der Waals surface area contributed by atoms with Crippen LogP contribution < -0.4 is 16.0 Å². The summed E-state index contributed by atoms with van der Waals surface area (Å²) in [4.78, 5) is 24.4. The highest BCUT2D eigenvalue weighted by Crippen LogP contribution is 2.21. The van der Waals surface area contributed by atoms with Crippen LogP contribution in [0.25, 0.3) is 11.2 Å². The van der Waals surface area contributed by atoms with Crippen molar-refractivity contribution < 1.29 is 4.79 Å². The molecule has 0 radical (unpaired) electrons. The minimum Gasteiger partial charge on any atom is -0.366 e. The molecule has 2 aliphatic rings. The average molecular weight is 314 g/mol. The highest BCUT2D eigenvalue weighted by molar-refractivity contribution is 6.04. The third-order valence-corrected chi connectivity index (χ3v) is 4.76. The van der Waals surface area contributed by atoms with Gasteiger partial charge in [0.1, 0.15) is 11.3 Å². The fourth-order valence-electron chi connectivity index (χ4n) is 3.13. The molecule has 122 valence electrons. The van der Waals surface area contributed by atoms with Crippen molar-refractivity contribution in [3.63, 3.8) is 0 Å². The van der Waals surface area contributed by atoms with E-state index in [1.54, 1.807) is 12.4 Å². The zero-order valence-corrected chi connectivity index (χ0v) is 13.1. The van der Waals surface area contributed by atoms with Crippen LogP contribution >= 0.6 is 0 Å². The lowest BCUT2D eigenvalue weighted by molar-refractivity contribution is 0.0918. The molecule has 1 amide bonds. The van der Waals surface area contributed by atoms with Gasteiger partial charge in [-0.25, -0.2) is 9.97 Å². The number of piperidine rings is 1.